The molecule has 3 fully saturated rings. The molecule has 3 saturated heterocycles. The minimum atomic E-state index is -0.836. The number of hydrogen-bond acceptors (Lipinski definition) is 5. The van der Waals surface area contributed by atoms with Gasteiger partial charge in [-0.2, -0.15) is 0 Å². The number of hydrogen-bond donors (Lipinski definition) is 1. The second kappa shape index (κ2) is 12.1. The number of halogens is 1. The van der Waals surface area contributed by atoms with E-state index in [2.05, 4.69) is 13.2 Å². The Bertz CT molecular complexity index is 1130. The standard InChI is InChI=1S/C30H40ClN3O4S/c1-6-15-32(16-7-2)27(36)24-23-13-14-30(39-23)25(24)28(37)34(22(18-35)19(4)5)26(30)29(38)33(17-8-3)21-12-10-9-11-20(21)31/h6,8-12,19,22-26,35H,1,3,7,13-18H2,2,4-5H3/t22-,23+,24-,25-,26?,30?/m0/s1. The van der Waals surface area contributed by atoms with Crippen LogP contribution >= 0.6 is 23.4 Å². The molecule has 1 N–H and O–H groups in total. The first-order chi connectivity index (χ1) is 18.7. The van der Waals surface area contributed by atoms with Crippen molar-refractivity contribution in [1.82, 2.24) is 9.80 Å². The van der Waals surface area contributed by atoms with Crippen LogP contribution in [0.15, 0.2) is 49.6 Å². The number of likely N-dealkylation sites (tertiary alicyclic amines) is 1. The fourth-order valence-corrected chi connectivity index (χ4v) is 9.24. The van der Waals surface area contributed by atoms with E-state index in [1.54, 1.807) is 56.8 Å². The molecule has 6 atom stereocenters. The third-order valence-corrected chi connectivity index (χ3v) is 10.7. The molecule has 0 radical (unpaired) electrons. The maximum absolute atomic E-state index is 14.6. The summed E-state index contributed by atoms with van der Waals surface area (Å²) < 4.78 is -0.756. The summed E-state index contributed by atoms with van der Waals surface area (Å²) in [7, 11) is 0. The van der Waals surface area contributed by atoms with Crippen LogP contribution in [0.25, 0.3) is 0 Å². The summed E-state index contributed by atoms with van der Waals surface area (Å²) >= 11 is 8.18. The molecule has 2 unspecified atom stereocenters. The fourth-order valence-electron chi connectivity index (χ4n) is 6.81. The van der Waals surface area contributed by atoms with Gasteiger partial charge >= 0.3 is 0 Å². The van der Waals surface area contributed by atoms with Crippen LogP contribution in [0.2, 0.25) is 5.02 Å². The van der Waals surface area contributed by atoms with Gasteiger partial charge in [0.2, 0.25) is 11.8 Å². The molecule has 1 spiro atoms. The van der Waals surface area contributed by atoms with E-state index < -0.39 is 28.7 Å². The van der Waals surface area contributed by atoms with Crippen molar-refractivity contribution >= 4 is 46.8 Å². The number of carbonyl (C=O) groups excluding carboxylic acids is 3. The van der Waals surface area contributed by atoms with E-state index in [9.17, 15) is 19.5 Å². The van der Waals surface area contributed by atoms with Crippen molar-refractivity contribution in [1.29, 1.82) is 0 Å². The molecule has 1 aromatic rings. The van der Waals surface area contributed by atoms with Gasteiger partial charge in [0.15, 0.2) is 0 Å². The van der Waals surface area contributed by atoms with Gasteiger partial charge in [0, 0.05) is 24.9 Å². The van der Waals surface area contributed by atoms with E-state index in [1.165, 1.54) is 0 Å². The van der Waals surface area contributed by atoms with Crippen LogP contribution in [0.4, 0.5) is 5.69 Å². The van der Waals surface area contributed by atoms with Gasteiger partial charge in [0.25, 0.3) is 5.91 Å². The van der Waals surface area contributed by atoms with E-state index >= 15 is 0 Å². The van der Waals surface area contributed by atoms with E-state index in [-0.39, 0.29) is 42.0 Å². The Hall–Kier alpha value is -2.29. The minimum Gasteiger partial charge on any atom is -0.394 e. The molecule has 3 amide bonds. The number of fused-ring (bicyclic) bond motifs is 1. The lowest BCUT2D eigenvalue weighted by molar-refractivity contribution is -0.146. The smallest absolute Gasteiger partial charge is 0.251 e. The van der Waals surface area contributed by atoms with E-state index in [0.29, 0.717) is 30.2 Å². The number of aliphatic hydroxyl groups excluding tert-OH is 1. The highest BCUT2D eigenvalue weighted by molar-refractivity contribution is 8.02. The number of thioether (sulfide) groups is 1. The lowest BCUT2D eigenvalue weighted by Gasteiger charge is -2.40. The zero-order valence-electron chi connectivity index (χ0n) is 23.1. The van der Waals surface area contributed by atoms with Gasteiger partial charge in [-0.05, 0) is 37.3 Å². The van der Waals surface area contributed by atoms with E-state index in [0.717, 1.165) is 12.8 Å². The summed E-state index contributed by atoms with van der Waals surface area (Å²) in [6.07, 6.45) is 5.58. The molecule has 0 saturated carbocycles. The number of rotatable bonds is 12. The Morgan fingerprint density at radius 3 is 2.51 bits per heavy atom. The fraction of sp³-hybridized carbons (Fsp3) is 0.567. The Kier molecular flexibility index (Phi) is 9.19. The van der Waals surface area contributed by atoms with Gasteiger partial charge in [0.1, 0.15) is 6.04 Å². The quantitative estimate of drug-likeness (QED) is 0.375. The number of benzene rings is 1. The Morgan fingerprint density at radius 1 is 1.23 bits per heavy atom. The molecule has 2 bridgehead atoms. The van der Waals surface area contributed by atoms with Crippen LogP contribution in [0.1, 0.15) is 40.0 Å². The third kappa shape index (κ3) is 4.93. The van der Waals surface area contributed by atoms with Gasteiger partial charge in [0.05, 0.1) is 39.9 Å². The molecular formula is C30H40ClN3O4S. The van der Waals surface area contributed by atoms with Gasteiger partial charge in [-0.3, -0.25) is 14.4 Å². The molecule has 0 aromatic heterocycles. The van der Waals surface area contributed by atoms with Crippen LogP contribution in [-0.2, 0) is 14.4 Å². The van der Waals surface area contributed by atoms with Crippen molar-refractivity contribution in [2.75, 3.05) is 31.1 Å². The summed E-state index contributed by atoms with van der Waals surface area (Å²) in [5, 5.41) is 10.9. The Morgan fingerprint density at radius 2 is 1.92 bits per heavy atom. The first kappa shape index (κ1) is 29.7. The van der Waals surface area contributed by atoms with Gasteiger partial charge < -0.3 is 19.8 Å². The average molecular weight is 574 g/mol. The summed E-state index contributed by atoms with van der Waals surface area (Å²) in [6, 6.07) is 5.75. The van der Waals surface area contributed by atoms with Crippen molar-refractivity contribution in [3.63, 3.8) is 0 Å². The average Bonchev–Trinajstić information content (AvgIpc) is 3.55. The van der Waals surface area contributed by atoms with Crippen LogP contribution in [0.3, 0.4) is 0 Å². The Balaban J connectivity index is 1.83. The Labute approximate surface area is 241 Å². The molecule has 3 aliphatic heterocycles. The largest absolute Gasteiger partial charge is 0.394 e. The van der Waals surface area contributed by atoms with Gasteiger partial charge in [-0.1, -0.05) is 56.7 Å². The summed E-state index contributed by atoms with van der Waals surface area (Å²) in [4.78, 5) is 48.1. The zero-order chi connectivity index (χ0) is 28.5. The highest BCUT2D eigenvalue weighted by atomic mass is 35.5. The second-order valence-electron chi connectivity index (χ2n) is 11.1. The molecular weight excluding hydrogens is 534 g/mol. The number of nitrogens with zero attached hydrogens (tertiary/aromatic N) is 3. The minimum absolute atomic E-state index is 0.0344. The summed E-state index contributed by atoms with van der Waals surface area (Å²) in [6.45, 7) is 14.5. The van der Waals surface area contributed by atoms with Crippen molar-refractivity contribution in [2.24, 2.45) is 17.8 Å². The number of amides is 3. The maximum atomic E-state index is 14.6. The third-order valence-electron chi connectivity index (χ3n) is 8.45. The van der Waals surface area contributed by atoms with Crippen LogP contribution in [0.5, 0.6) is 0 Å². The van der Waals surface area contributed by atoms with E-state index in [1.807, 2.05) is 26.8 Å². The van der Waals surface area contributed by atoms with Crippen molar-refractivity contribution in [2.45, 2.75) is 62.1 Å². The van der Waals surface area contributed by atoms with Gasteiger partial charge in [-0.15, -0.1) is 24.9 Å². The molecule has 3 heterocycles. The van der Waals surface area contributed by atoms with Crippen LogP contribution in [-0.4, -0.2) is 80.9 Å². The predicted octanol–water partition coefficient (Wildman–Crippen LogP) is 4.39. The topological polar surface area (TPSA) is 81.2 Å². The molecule has 9 heteroatoms. The number of anilines is 1. The lowest BCUT2D eigenvalue weighted by atomic mass is 9.70. The highest BCUT2D eigenvalue weighted by Gasteiger charge is 2.74. The first-order valence-electron chi connectivity index (χ1n) is 13.9. The molecule has 7 nitrogen and oxygen atoms in total. The zero-order valence-corrected chi connectivity index (χ0v) is 24.7. The number of para-hydroxylation sites is 1. The van der Waals surface area contributed by atoms with E-state index in [4.69, 9.17) is 11.6 Å². The molecule has 3 aliphatic rings. The summed E-state index contributed by atoms with van der Waals surface area (Å²) in [5.41, 5.74) is 0.548. The predicted molar refractivity (Wildman–Crippen MR) is 158 cm³/mol. The van der Waals surface area contributed by atoms with Crippen LogP contribution in [0, 0.1) is 17.8 Å². The normalized spacial score (nSPS) is 27.9. The summed E-state index contributed by atoms with van der Waals surface area (Å²) in [5.74, 6) is -1.73. The second-order valence-corrected chi connectivity index (χ2v) is 13.1. The monoisotopic (exact) mass is 573 g/mol. The number of aliphatic hydroxyl groups is 1. The molecule has 0 aliphatic carbocycles. The lowest BCUT2D eigenvalue weighted by Crippen LogP contribution is -2.58. The maximum Gasteiger partial charge on any atom is 0.251 e. The highest BCUT2D eigenvalue weighted by Crippen LogP contribution is 2.67. The van der Waals surface area contributed by atoms with Crippen molar-refractivity contribution in [3.05, 3.63) is 54.6 Å². The number of carbonyl (C=O) groups is 3. The van der Waals surface area contributed by atoms with Crippen molar-refractivity contribution in [3.8, 4) is 0 Å². The molecule has 212 valence electrons. The van der Waals surface area contributed by atoms with Gasteiger partial charge in [-0.25, -0.2) is 0 Å². The SMILES string of the molecule is C=CCN(CCC)C(=O)[C@@H]1[C@H]2C(=O)N([C@@H](CO)C(C)C)C(C(=O)N(CC=C)c3ccccc3Cl)C23CC[C@H]1S3. The van der Waals surface area contributed by atoms with Crippen molar-refractivity contribution < 1.29 is 19.5 Å². The molecule has 1 aromatic carbocycles. The first-order valence-corrected chi connectivity index (χ1v) is 15.1. The molecule has 39 heavy (non-hydrogen) atoms. The van der Waals surface area contributed by atoms with Crippen LogP contribution < -0.4 is 4.90 Å². The molecule has 4 rings (SSSR count).